The van der Waals surface area contributed by atoms with E-state index in [1.165, 1.54) is 7.11 Å². The van der Waals surface area contributed by atoms with Crippen molar-refractivity contribution in [1.29, 1.82) is 0 Å². The highest BCUT2D eigenvalue weighted by molar-refractivity contribution is 5.92. The molecule has 0 bridgehead atoms. The lowest BCUT2D eigenvalue weighted by Crippen LogP contribution is -2.39. The van der Waals surface area contributed by atoms with Crippen molar-refractivity contribution < 1.29 is 19.1 Å². The molecule has 1 amide bonds. The molecule has 22 heavy (non-hydrogen) atoms. The summed E-state index contributed by atoms with van der Waals surface area (Å²) in [5, 5.41) is 10.8. The molecule has 1 N–H and O–H groups in total. The fraction of sp³-hybridized carbons (Fsp3) is 0.571. The maximum absolute atomic E-state index is 12.1. The van der Waals surface area contributed by atoms with E-state index < -0.39 is 0 Å². The minimum Gasteiger partial charge on any atom is -0.468 e. The largest absolute Gasteiger partial charge is 0.468 e. The average molecular weight is 308 g/mol. The molecule has 1 aromatic rings. The van der Waals surface area contributed by atoms with Gasteiger partial charge in [-0.25, -0.2) is 0 Å². The molecule has 1 aliphatic rings. The third-order valence-corrected chi connectivity index (χ3v) is 3.42. The van der Waals surface area contributed by atoms with Gasteiger partial charge in [-0.1, -0.05) is 0 Å². The van der Waals surface area contributed by atoms with Crippen LogP contribution in [0.2, 0.25) is 0 Å². The number of ether oxygens (including phenoxy) is 2. The molecular formula is C14H20N4O4. The van der Waals surface area contributed by atoms with Crippen LogP contribution in [0.4, 0.5) is 5.82 Å². The maximum atomic E-state index is 12.1. The second-order valence-corrected chi connectivity index (χ2v) is 5.07. The highest BCUT2D eigenvalue weighted by Gasteiger charge is 2.18. The van der Waals surface area contributed by atoms with E-state index >= 15 is 0 Å². The van der Waals surface area contributed by atoms with Crippen LogP contribution in [-0.4, -0.2) is 62.0 Å². The number of carbonyl (C=O) groups excluding carboxylic acids is 2. The van der Waals surface area contributed by atoms with Crippen LogP contribution >= 0.6 is 0 Å². The molecule has 1 saturated heterocycles. The first-order valence-electron chi connectivity index (χ1n) is 7.10. The van der Waals surface area contributed by atoms with E-state index in [1.54, 1.807) is 24.1 Å². The summed E-state index contributed by atoms with van der Waals surface area (Å²) >= 11 is 0. The van der Waals surface area contributed by atoms with Gasteiger partial charge in [-0.05, 0) is 25.0 Å². The lowest BCUT2D eigenvalue weighted by Gasteiger charge is -2.22. The standard InChI is InChI=1S/C14H20N4O4/c1-18(9-13(19)21-2)12-4-3-11(16-17-12)14(20)15-10-5-7-22-8-6-10/h3-4,10H,5-9H2,1-2H3,(H,15,20). The van der Waals surface area contributed by atoms with E-state index in [-0.39, 0.29) is 30.2 Å². The monoisotopic (exact) mass is 308 g/mol. The fourth-order valence-electron chi connectivity index (χ4n) is 2.09. The molecule has 2 heterocycles. The quantitative estimate of drug-likeness (QED) is 0.765. The number of rotatable bonds is 5. The fourth-order valence-corrected chi connectivity index (χ4v) is 2.09. The van der Waals surface area contributed by atoms with Gasteiger partial charge in [0, 0.05) is 26.3 Å². The highest BCUT2D eigenvalue weighted by Crippen LogP contribution is 2.09. The van der Waals surface area contributed by atoms with Crippen LogP contribution in [0.1, 0.15) is 23.3 Å². The number of amides is 1. The lowest BCUT2D eigenvalue weighted by atomic mass is 10.1. The van der Waals surface area contributed by atoms with Crippen LogP contribution in [0.3, 0.4) is 0 Å². The van der Waals surface area contributed by atoms with E-state index in [1.807, 2.05) is 0 Å². The number of esters is 1. The third kappa shape index (κ3) is 4.39. The molecule has 1 aliphatic heterocycles. The van der Waals surface area contributed by atoms with Gasteiger partial charge in [-0.3, -0.25) is 9.59 Å². The van der Waals surface area contributed by atoms with Gasteiger partial charge in [0.25, 0.3) is 5.91 Å². The van der Waals surface area contributed by atoms with Crippen molar-refractivity contribution in [2.75, 3.05) is 38.8 Å². The molecule has 0 spiro atoms. The van der Waals surface area contributed by atoms with Gasteiger partial charge in [-0.2, -0.15) is 0 Å². The number of nitrogens with zero attached hydrogens (tertiary/aromatic N) is 3. The molecule has 2 rings (SSSR count). The molecule has 8 heteroatoms. The zero-order chi connectivity index (χ0) is 15.9. The number of hydrogen-bond donors (Lipinski definition) is 1. The van der Waals surface area contributed by atoms with Gasteiger partial charge < -0.3 is 19.7 Å². The molecule has 0 atom stereocenters. The summed E-state index contributed by atoms with van der Waals surface area (Å²) in [7, 11) is 3.02. The summed E-state index contributed by atoms with van der Waals surface area (Å²) in [6, 6.07) is 3.35. The van der Waals surface area contributed by atoms with Crippen molar-refractivity contribution in [1.82, 2.24) is 15.5 Å². The summed E-state index contributed by atoms with van der Waals surface area (Å²) in [6.45, 7) is 1.39. The third-order valence-electron chi connectivity index (χ3n) is 3.42. The maximum Gasteiger partial charge on any atom is 0.325 e. The van der Waals surface area contributed by atoms with E-state index in [0.717, 1.165) is 12.8 Å². The summed E-state index contributed by atoms with van der Waals surface area (Å²) in [6.07, 6.45) is 1.61. The van der Waals surface area contributed by atoms with Gasteiger partial charge in [0.1, 0.15) is 6.54 Å². The second kappa shape index (κ2) is 7.69. The first-order valence-corrected chi connectivity index (χ1v) is 7.10. The van der Waals surface area contributed by atoms with Gasteiger partial charge in [0.2, 0.25) is 0 Å². The van der Waals surface area contributed by atoms with Crippen LogP contribution < -0.4 is 10.2 Å². The number of aromatic nitrogens is 2. The van der Waals surface area contributed by atoms with Crippen molar-refractivity contribution in [2.24, 2.45) is 0 Å². The minimum absolute atomic E-state index is 0.0683. The molecule has 1 fully saturated rings. The number of anilines is 1. The molecule has 0 saturated carbocycles. The zero-order valence-electron chi connectivity index (χ0n) is 12.7. The zero-order valence-corrected chi connectivity index (χ0v) is 12.7. The van der Waals surface area contributed by atoms with Crippen molar-refractivity contribution in [2.45, 2.75) is 18.9 Å². The summed E-state index contributed by atoms with van der Waals surface area (Å²) < 4.78 is 9.83. The van der Waals surface area contributed by atoms with Gasteiger partial charge >= 0.3 is 5.97 Å². The van der Waals surface area contributed by atoms with Crippen LogP contribution in [-0.2, 0) is 14.3 Å². The Morgan fingerprint density at radius 1 is 1.36 bits per heavy atom. The number of nitrogens with one attached hydrogen (secondary N) is 1. The van der Waals surface area contributed by atoms with Gasteiger partial charge in [0.05, 0.1) is 7.11 Å². The van der Waals surface area contributed by atoms with Crippen molar-refractivity contribution in [3.8, 4) is 0 Å². The van der Waals surface area contributed by atoms with Crippen LogP contribution in [0.15, 0.2) is 12.1 Å². The summed E-state index contributed by atoms with van der Waals surface area (Å²) in [5.41, 5.74) is 0.252. The summed E-state index contributed by atoms with van der Waals surface area (Å²) in [4.78, 5) is 24.9. The van der Waals surface area contributed by atoms with Gasteiger partial charge in [0.15, 0.2) is 11.5 Å². The Labute approximate surface area is 128 Å². The predicted octanol–water partition coefficient (Wildman–Crippen LogP) is -0.00540. The lowest BCUT2D eigenvalue weighted by molar-refractivity contribution is -0.138. The Morgan fingerprint density at radius 2 is 2.09 bits per heavy atom. The second-order valence-electron chi connectivity index (χ2n) is 5.07. The molecule has 1 aromatic heterocycles. The smallest absolute Gasteiger partial charge is 0.325 e. The average Bonchev–Trinajstić information content (AvgIpc) is 2.55. The normalized spacial score (nSPS) is 15.2. The van der Waals surface area contributed by atoms with Crippen molar-refractivity contribution >= 4 is 17.7 Å². The predicted molar refractivity (Wildman–Crippen MR) is 78.6 cm³/mol. The Balaban J connectivity index is 1.92. The summed E-state index contributed by atoms with van der Waals surface area (Å²) in [5.74, 6) is -0.125. The topological polar surface area (TPSA) is 93.7 Å². The SMILES string of the molecule is COC(=O)CN(C)c1ccc(C(=O)NC2CCOCC2)nn1. The van der Waals surface area contributed by atoms with Crippen LogP contribution in [0.25, 0.3) is 0 Å². The first kappa shape index (κ1) is 16.2. The van der Waals surface area contributed by atoms with Crippen LogP contribution in [0.5, 0.6) is 0 Å². The Hall–Kier alpha value is -2.22. The molecule has 0 aliphatic carbocycles. The first-order chi connectivity index (χ1) is 10.6. The Morgan fingerprint density at radius 3 is 2.68 bits per heavy atom. The minimum atomic E-state index is -0.370. The molecule has 0 unspecified atom stereocenters. The van der Waals surface area contributed by atoms with Gasteiger partial charge in [-0.15, -0.1) is 10.2 Å². The Bertz CT molecular complexity index is 514. The van der Waals surface area contributed by atoms with Crippen molar-refractivity contribution in [3.63, 3.8) is 0 Å². The Kier molecular flexibility index (Phi) is 5.65. The molecule has 0 aromatic carbocycles. The number of likely N-dealkylation sites (N-methyl/N-ethyl adjacent to an activating group) is 1. The molecule has 120 valence electrons. The van der Waals surface area contributed by atoms with E-state index in [4.69, 9.17) is 4.74 Å². The van der Waals surface area contributed by atoms with Crippen molar-refractivity contribution in [3.05, 3.63) is 17.8 Å². The molecular weight excluding hydrogens is 288 g/mol. The molecule has 0 radical (unpaired) electrons. The number of hydrogen-bond acceptors (Lipinski definition) is 7. The van der Waals surface area contributed by atoms with E-state index in [9.17, 15) is 9.59 Å². The van der Waals surface area contributed by atoms with Crippen LogP contribution in [0, 0.1) is 0 Å². The number of methoxy groups -OCH3 is 1. The highest BCUT2D eigenvalue weighted by atomic mass is 16.5. The number of carbonyl (C=O) groups is 2. The van der Waals surface area contributed by atoms with E-state index in [2.05, 4.69) is 20.3 Å². The van der Waals surface area contributed by atoms with E-state index in [0.29, 0.717) is 19.0 Å². The molecule has 8 nitrogen and oxygen atoms in total.